The highest BCUT2D eigenvalue weighted by Crippen LogP contribution is 2.21. The van der Waals surface area contributed by atoms with Crippen LogP contribution >= 0.6 is 0 Å². The van der Waals surface area contributed by atoms with Crippen molar-refractivity contribution in [2.75, 3.05) is 0 Å². The van der Waals surface area contributed by atoms with Gasteiger partial charge in [0, 0.05) is 30.4 Å². The van der Waals surface area contributed by atoms with Gasteiger partial charge in [-0.3, -0.25) is 0 Å². The van der Waals surface area contributed by atoms with Crippen molar-refractivity contribution in [3.8, 4) is 11.4 Å². The first kappa shape index (κ1) is 19.9. The minimum Gasteiger partial charge on any atom is -0.435 e. The van der Waals surface area contributed by atoms with Gasteiger partial charge in [0.15, 0.2) is 5.82 Å². The molecule has 8 heteroatoms. The van der Waals surface area contributed by atoms with Gasteiger partial charge in [-0.05, 0) is 43.7 Å². The minimum atomic E-state index is -2.87. The predicted molar refractivity (Wildman–Crippen MR) is 96.6 cm³/mol. The monoisotopic (exact) mass is 393 g/mol. The van der Waals surface area contributed by atoms with Crippen molar-refractivity contribution in [2.24, 2.45) is 0 Å². The lowest BCUT2D eigenvalue weighted by Crippen LogP contribution is -2.14. The molecular formula is C20H19F4N3O. The molecule has 0 unspecified atom stereocenters. The zero-order chi connectivity index (χ0) is 20.3. The maximum Gasteiger partial charge on any atom is 0.387 e. The van der Waals surface area contributed by atoms with Crippen LogP contribution in [0.1, 0.15) is 22.5 Å². The second-order valence-electron chi connectivity index (χ2n) is 6.29. The molecule has 1 N–H and O–H groups in total. The van der Waals surface area contributed by atoms with E-state index < -0.39 is 18.2 Å². The second-order valence-corrected chi connectivity index (χ2v) is 6.29. The van der Waals surface area contributed by atoms with E-state index in [9.17, 15) is 17.6 Å². The first-order valence-corrected chi connectivity index (χ1v) is 8.60. The third-order valence-electron chi connectivity index (χ3n) is 4.33. The highest BCUT2D eigenvalue weighted by Gasteiger charge is 2.15. The highest BCUT2D eigenvalue weighted by atomic mass is 19.3. The quantitative estimate of drug-likeness (QED) is 0.594. The molecule has 0 spiro atoms. The standard InChI is InChI=1S/C20H19F4N3O/c1-12-17(11-25-10-14-4-3-5-16(8-14)28-20(23)24)13(2)27(26-12)19-7-6-15(21)9-18(19)22/h3-9,20,25H,10-11H2,1-2H3. The van der Waals surface area contributed by atoms with Crippen molar-refractivity contribution < 1.29 is 22.3 Å². The van der Waals surface area contributed by atoms with Gasteiger partial charge in [-0.1, -0.05) is 12.1 Å². The molecule has 0 atom stereocenters. The van der Waals surface area contributed by atoms with Gasteiger partial charge in [0.1, 0.15) is 17.3 Å². The Labute approximate surface area is 159 Å². The van der Waals surface area contributed by atoms with E-state index in [0.717, 1.165) is 22.9 Å². The number of benzene rings is 2. The van der Waals surface area contributed by atoms with Crippen molar-refractivity contribution in [2.45, 2.75) is 33.5 Å². The van der Waals surface area contributed by atoms with E-state index in [2.05, 4.69) is 15.2 Å². The Balaban J connectivity index is 1.71. The van der Waals surface area contributed by atoms with Crippen molar-refractivity contribution in [3.63, 3.8) is 0 Å². The predicted octanol–water partition coefficient (Wildman–Crippen LogP) is 4.66. The Morgan fingerprint density at radius 1 is 1.07 bits per heavy atom. The summed E-state index contributed by atoms with van der Waals surface area (Å²) in [7, 11) is 0. The number of halogens is 4. The first-order valence-electron chi connectivity index (χ1n) is 8.60. The third kappa shape index (κ3) is 4.51. The molecule has 1 aromatic heterocycles. The summed E-state index contributed by atoms with van der Waals surface area (Å²) >= 11 is 0. The number of alkyl halides is 2. The number of nitrogens with one attached hydrogen (secondary N) is 1. The SMILES string of the molecule is Cc1nn(-c2ccc(F)cc2F)c(C)c1CNCc1cccc(OC(F)F)c1. The number of hydrogen-bond donors (Lipinski definition) is 1. The molecular weight excluding hydrogens is 374 g/mol. The fourth-order valence-electron chi connectivity index (χ4n) is 2.98. The van der Waals surface area contributed by atoms with Crippen LogP contribution in [0.5, 0.6) is 5.75 Å². The smallest absolute Gasteiger partial charge is 0.387 e. The van der Waals surface area contributed by atoms with Gasteiger partial charge in [-0.15, -0.1) is 0 Å². The van der Waals surface area contributed by atoms with Gasteiger partial charge in [0.2, 0.25) is 0 Å². The van der Waals surface area contributed by atoms with Crippen molar-refractivity contribution in [3.05, 3.63) is 76.6 Å². The van der Waals surface area contributed by atoms with Crippen LogP contribution in [0.25, 0.3) is 5.69 Å². The molecule has 28 heavy (non-hydrogen) atoms. The summed E-state index contributed by atoms with van der Waals surface area (Å²) in [6.07, 6.45) is 0. The van der Waals surface area contributed by atoms with Gasteiger partial charge in [-0.25, -0.2) is 13.5 Å². The van der Waals surface area contributed by atoms with Crippen LogP contribution in [-0.2, 0) is 13.1 Å². The summed E-state index contributed by atoms with van der Waals surface area (Å²) in [5.41, 5.74) is 3.27. The van der Waals surface area contributed by atoms with Crippen LogP contribution < -0.4 is 10.1 Å². The van der Waals surface area contributed by atoms with E-state index in [-0.39, 0.29) is 11.4 Å². The number of nitrogens with zero attached hydrogens (tertiary/aromatic N) is 2. The number of aryl methyl sites for hydroxylation is 1. The molecule has 0 saturated heterocycles. The lowest BCUT2D eigenvalue weighted by molar-refractivity contribution is -0.0498. The summed E-state index contributed by atoms with van der Waals surface area (Å²) < 4.78 is 57.7. The first-order chi connectivity index (χ1) is 13.3. The van der Waals surface area contributed by atoms with Crippen LogP contribution in [0.15, 0.2) is 42.5 Å². The summed E-state index contributed by atoms with van der Waals surface area (Å²) in [4.78, 5) is 0. The van der Waals surface area contributed by atoms with E-state index in [4.69, 9.17) is 0 Å². The van der Waals surface area contributed by atoms with Gasteiger partial charge >= 0.3 is 6.61 Å². The average molecular weight is 393 g/mol. The summed E-state index contributed by atoms with van der Waals surface area (Å²) in [5.74, 6) is -1.25. The van der Waals surface area contributed by atoms with Crippen LogP contribution in [0, 0.1) is 25.5 Å². The lowest BCUT2D eigenvalue weighted by Gasteiger charge is -2.09. The number of rotatable bonds is 7. The Hall–Kier alpha value is -2.87. The van der Waals surface area contributed by atoms with Gasteiger partial charge in [0.05, 0.1) is 5.69 Å². The van der Waals surface area contributed by atoms with E-state index in [1.165, 1.54) is 28.9 Å². The topological polar surface area (TPSA) is 39.1 Å². The van der Waals surface area contributed by atoms with Crippen molar-refractivity contribution in [1.29, 1.82) is 0 Å². The highest BCUT2D eigenvalue weighted by molar-refractivity contribution is 5.38. The number of hydrogen-bond acceptors (Lipinski definition) is 3. The molecule has 0 radical (unpaired) electrons. The van der Waals surface area contributed by atoms with Gasteiger partial charge in [0.25, 0.3) is 0 Å². The minimum absolute atomic E-state index is 0.0984. The second kappa shape index (κ2) is 8.43. The van der Waals surface area contributed by atoms with Crippen LogP contribution in [0.4, 0.5) is 17.6 Å². The largest absolute Gasteiger partial charge is 0.435 e. The molecule has 0 aliphatic rings. The van der Waals surface area contributed by atoms with Crippen LogP contribution in [0.2, 0.25) is 0 Å². The molecule has 0 aliphatic heterocycles. The normalized spacial score (nSPS) is 11.2. The Morgan fingerprint density at radius 2 is 1.86 bits per heavy atom. The molecule has 148 valence electrons. The van der Waals surface area contributed by atoms with Gasteiger partial charge < -0.3 is 10.1 Å². The summed E-state index contributed by atoms with van der Waals surface area (Å²) in [5, 5.41) is 7.57. The molecule has 0 fully saturated rings. The van der Waals surface area contributed by atoms with E-state index in [1.807, 2.05) is 0 Å². The molecule has 0 saturated carbocycles. The molecule has 0 amide bonds. The zero-order valence-corrected chi connectivity index (χ0v) is 15.3. The van der Waals surface area contributed by atoms with Gasteiger partial charge in [-0.2, -0.15) is 13.9 Å². The van der Waals surface area contributed by atoms with E-state index in [0.29, 0.717) is 18.8 Å². The van der Waals surface area contributed by atoms with Crippen LogP contribution in [-0.4, -0.2) is 16.4 Å². The molecule has 0 bridgehead atoms. The maximum absolute atomic E-state index is 14.1. The molecule has 1 heterocycles. The Morgan fingerprint density at radius 3 is 2.57 bits per heavy atom. The Bertz CT molecular complexity index is 972. The lowest BCUT2D eigenvalue weighted by atomic mass is 10.1. The fraction of sp³-hybridized carbons (Fsp3) is 0.250. The zero-order valence-electron chi connectivity index (χ0n) is 15.3. The number of ether oxygens (including phenoxy) is 1. The molecule has 2 aromatic carbocycles. The summed E-state index contributed by atoms with van der Waals surface area (Å²) in [6.45, 7) is 1.61. The summed E-state index contributed by atoms with van der Waals surface area (Å²) in [6, 6.07) is 9.78. The average Bonchev–Trinajstić information content (AvgIpc) is 2.89. The van der Waals surface area contributed by atoms with Crippen LogP contribution in [0.3, 0.4) is 0 Å². The van der Waals surface area contributed by atoms with Crippen molar-refractivity contribution in [1.82, 2.24) is 15.1 Å². The van der Waals surface area contributed by atoms with Crippen molar-refractivity contribution >= 4 is 0 Å². The molecule has 0 aliphatic carbocycles. The fourth-order valence-corrected chi connectivity index (χ4v) is 2.98. The van der Waals surface area contributed by atoms with E-state index in [1.54, 1.807) is 26.0 Å². The molecule has 3 rings (SSSR count). The van der Waals surface area contributed by atoms with E-state index >= 15 is 0 Å². The number of aromatic nitrogens is 2. The molecule has 4 nitrogen and oxygen atoms in total. The third-order valence-corrected chi connectivity index (χ3v) is 4.33. The Kier molecular flexibility index (Phi) is 5.99. The maximum atomic E-state index is 14.1. The molecule has 3 aromatic rings.